The van der Waals surface area contributed by atoms with Crippen LogP contribution in [0.2, 0.25) is 0 Å². The topological polar surface area (TPSA) is 93.4 Å². The van der Waals surface area contributed by atoms with E-state index in [4.69, 9.17) is 9.26 Å². The molecule has 192 valence electrons. The second-order valence-electron chi connectivity index (χ2n) is 9.94. The first-order valence-corrected chi connectivity index (χ1v) is 12.5. The number of carbonyl (C=O) groups is 1. The molecular weight excluding hydrogens is 456 g/mol. The molecule has 1 fully saturated rings. The van der Waals surface area contributed by atoms with Crippen LogP contribution < -0.4 is 10.1 Å². The maximum atomic E-state index is 13.1. The molecule has 4 rings (SSSR count). The van der Waals surface area contributed by atoms with Gasteiger partial charge in [0, 0.05) is 51.2 Å². The fourth-order valence-electron chi connectivity index (χ4n) is 4.91. The first-order valence-electron chi connectivity index (χ1n) is 12.5. The summed E-state index contributed by atoms with van der Waals surface area (Å²) in [5.41, 5.74) is 2.13. The van der Waals surface area contributed by atoms with E-state index in [-0.39, 0.29) is 24.2 Å². The highest BCUT2D eigenvalue weighted by Crippen LogP contribution is 2.28. The molecule has 0 aromatic carbocycles. The molecule has 1 saturated carbocycles. The van der Waals surface area contributed by atoms with Crippen molar-refractivity contribution in [3.63, 3.8) is 0 Å². The molecule has 0 unspecified atom stereocenters. The summed E-state index contributed by atoms with van der Waals surface area (Å²) < 4.78 is 36.3. The Morgan fingerprint density at radius 2 is 1.97 bits per heavy atom. The Balaban J connectivity index is 1.16. The number of alkyl halides is 2. The molecule has 1 aliphatic heterocycles. The van der Waals surface area contributed by atoms with E-state index in [0.717, 1.165) is 77.2 Å². The molecule has 0 radical (unpaired) electrons. The van der Waals surface area contributed by atoms with E-state index in [2.05, 4.69) is 25.3 Å². The smallest absolute Gasteiger partial charge is 0.278 e. The van der Waals surface area contributed by atoms with Gasteiger partial charge in [-0.2, -0.15) is 4.98 Å². The van der Waals surface area contributed by atoms with Crippen molar-refractivity contribution >= 4 is 5.91 Å². The number of halogens is 2. The van der Waals surface area contributed by atoms with Gasteiger partial charge >= 0.3 is 0 Å². The van der Waals surface area contributed by atoms with Crippen LogP contribution in [0.3, 0.4) is 0 Å². The number of rotatable bonds is 9. The molecule has 35 heavy (non-hydrogen) atoms. The highest BCUT2D eigenvalue weighted by atomic mass is 19.3. The second-order valence-corrected chi connectivity index (χ2v) is 9.94. The van der Waals surface area contributed by atoms with Crippen molar-refractivity contribution in [2.45, 2.75) is 77.2 Å². The molecule has 0 saturated heterocycles. The number of pyridine rings is 1. The SMILES string of the molecule is Cc1nc(CC(=O)N[C@H]2CC[C@H](CCN3CCc4ccc(OCC(C)(F)F)nc4CC3)CC2)no1. The average molecular weight is 492 g/mol. The minimum atomic E-state index is -2.87. The summed E-state index contributed by atoms with van der Waals surface area (Å²) in [7, 11) is 0. The molecule has 1 aliphatic carbocycles. The lowest BCUT2D eigenvalue weighted by atomic mass is 9.84. The van der Waals surface area contributed by atoms with Crippen molar-refractivity contribution in [3.8, 4) is 5.88 Å². The van der Waals surface area contributed by atoms with Crippen LogP contribution in [0.4, 0.5) is 8.78 Å². The van der Waals surface area contributed by atoms with E-state index in [9.17, 15) is 13.6 Å². The molecule has 0 bridgehead atoms. The zero-order valence-corrected chi connectivity index (χ0v) is 20.6. The number of carbonyl (C=O) groups excluding carboxylic acids is 1. The minimum Gasteiger partial charge on any atom is -0.471 e. The molecule has 1 amide bonds. The maximum absolute atomic E-state index is 13.1. The van der Waals surface area contributed by atoms with Crippen LogP contribution in [0, 0.1) is 12.8 Å². The summed E-state index contributed by atoms with van der Waals surface area (Å²) >= 11 is 0. The van der Waals surface area contributed by atoms with Crippen molar-refractivity contribution < 1.29 is 22.8 Å². The van der Waals surface area contributed by atoms with Crippen molar-refractivity contribution in [1.82, 2.24) is 25.3 Å². The summed E-state index contributed by atoms with van der Waals surface area (Å²) in [6.07, 6.45) is 7.23. The van der Waals surface area contributed by atoms with Gasteiger partial charge in [-0.3, -0.25) is 4.79 Å². The van der Waals surface area contributed by atoms with E-state index < -0.39 is 12.5 Å². The van der Waals surface area contributed by atoms with Crippen LogP contribution in [0.5, 0.6) is 5.88 Å². The van der Waals surface area contributed by atoms with Gasteiger partial charge in [-0.15, -0.1) is 0 Å². The largest absolute Gasteiger partial charge is 0.471 e. The van der Waals surface area contributed by atoms with E-state index in [0.29, 0.717) is 17.6 Å². The fraction of sp³-hybridized carbons (Fsp3) is 0.680. The number of hydrogen-bond donors (Lipinski definition) is 1. The predicted molar refractivity (Wildman–Crippen MR) is 125 cm³/mol. The van der Waals surface area contributed by atoms with Gasteiger partial charge in [0.05, 0.1) is 6.42 Å². The van der Waals surface area contributed by atoms with E-state index in [1.54, 1.807) is 13.0 Å². The Hall–Kier alpha value is -2.62. The first kappa shape index (κ1) is 25.5. The van der Waals surface area contributed by atoms with Gasteiger partial charge in [0.2, 0.25) is 17.7 Å². The highest BCUT2D eigenvalue weighted by Gasteiger charge is 2.25. The number of fused-ring (bicyclic) bond motifs is 1. The molecule has 0 atom stereocenters. The zero-order chi connectivity index (χ0) is 24.8. The van der Waals surface area contributed by atoms with Gasteiger partial charge in [-0.1, -0.05) is 11.2 Å². The first-order chi connectivity index (χ1) is 16.7. The van der Waals surface area contributed by atoms with E-state index in [1.807, 2.05) is 6.07 Å². The zero-order valence-electron chi connectivity index (χ0n) is 20.6. The molecule has 1 N–H and O–H groups in total. The standard InChI is InChI=1S/C25H35F2N5O3/c1-17-28-22(31-35-17)15-23(33)29-20-6-3-18(4-7-20)9-12-32-13-10-19-5-8-24(30-21(19)11-14-32)34-16-25(2,26)27/h5,8,18,20H,3-4,6-7,9-16H2,1-2H3,(H,29,33)/t18-,20-. The van der Waals surface area contributed by atoms with Crippen LogP contribution in [0.15, 0.2) is 16.7 Å². The molecule has 0 spiro atoms. The summed E-state index contributed by atoms with van der Waals surface area (Å²) in [5.74, 6) is -1.09. The van der Waals surface area contributed by atoms with Crippen LogP contribution in [0.25, 0.3) is 0 Å². The summed E-state index contributed by atoms with van der Waals surface area (Å²) in [6.45, 7) is 4.82. The van der Waals surface area contributed by atoms with Crippen LogP contribution >= 0.6 is 0 Å². The minimum absolute atomic E-state index is 0.0519. The fourth-order valence-corrected chi connectivity index (χ4v) is 4.91. The third-order valence-electron chi connectivity index (χ3n) is 6.83. The number of hydrogen-bond acceptors (Lipinski definition) is 7. The number of aromatic nitrogens is 3. The maximum Gasteiger partial charge on any atom is 0.278 e. The molecular formula is C25H35F2N5O3. The predicted octanol–water partition coefficient (Wildman–Crippen LogP) is 3.52. The van der Waals surface area contributed by atoms with Crippen molar-refractivity contribution in [2.75, 3.05) is 26.2 Å². The quantitative estimate of drug-likeness (QED) is 0.574. The monoisotopic (exact) mass is 491 g/mol. The average Bonchev–Trinajstić information content (AvgIpc) is 3.10. The number of aryl methyl sites for hydroxylation is 1. The lowest BCUT2D eigenvalue weighted by Crippen LogP contribution is -2.39. The van der Waals surface area contributed by atoms with Crippen molar-refractivity contribution in [1.29, 1.82) is 0 Å². The van der Waals surface area contributed by atoms with Crippen LogP contribution in [-0.2, 0) is 24.1 Å². The van der Waals surface area contributed by atoms with E-state index in [1.165, 1.54) is 5.56 Å². The summed E-state index contributed by atoms with van der Waals surface area (Å²) in [4.78, 5) is 23.3. The second kappa shape index (κ2) is 11.4. The third-order valence-corrected chi connectivity index (χ3v) is 6.83. The van der Waals surface area contributed by atoms with Crippen LogP contribution in [0.1, 0.15) is 62.0 Å². The van der Waals surface area contributed by atoms with Crippen LogP contribution in [-0.4, -0.2) is 64.1 Å². The summed E-state index contributed by atoms with van der Waals surface area (Å²) in [5, 5.41) is 6.89. The lowest BCUT2D eigenvalue weighted by Gasteiger charge is -2.30. The Morgan fingerprint density at radius 3 is 2.69 bits per heavy atom. The third kappa shape index (κ3) is 7.95. The van der Waals surface area contributed by atoms with Crippen molar-refractivity contribution in [2.24, 2.45) is 5.92 Å². The number of ether oxygens (including phenoxy) is 1. The molecule has 3 heterocycles. The Labute approximate surface area is 204 Å². The van der Waals surface area contributed by atoms with Gasteiger partial charge in [-0.25, -0.2) is 13.8 Å². The molecule has 2 aromatic heterocycles. The van der Waals surface area contributed by atoms with Gasteiger partial charge in [0.25, 0.3) is 5.92 Å². The highest BCUT2D eigenvalue weighted by molar-refractivity contribution is 5.78. The van der Waals surface area contributed by atoms with Gasteiger partial charge in [0.1, 0.15) is 0 Å². The lowest BCUT2D eigenvalue weighted by molar-refractivity contribution is -0.121. The molecule has 2 aromatic rings. The molecule has 8 nitrogen and oxygen atoms in total. The van der Waals surface area contributed by atoms with Gasteiger partial charge in [0.15, 0.2) is 12.4 Å². The van der Waals surface area contributed by atoms with Gasteiger partial charge in [-0.05, 0) is 56.6 Å². The van der Waals surface area contributed by atoms with Gasteiger partial charge < -0.3 is 19.5 Å². The Kier molecular flexibility index (Phi) is 8.30. The molecule has 10 heteroatoms. The number of nitrogens with zero attached hydrogens (tertiary/aromatic N) is 4. The number of nitrogens with one attached hydrogen (secondary N) is 1. The normalized spacial score (nSPS) is 21.3. The Morgan fingerprint density at radius 1 is 1.20 bits per heavy atom. The van der Waals surface area contributed by atoms with Crippen molar-refractivity contribution in [3.05, 3.63) is 35.1 Å². The van der Waals surface area contributed by atoms with E-state index >= 15 is 0 Å². The summed E-state index contributed by atoms with van der Waals surface area (Å²) in [6, 6.07) is 3.88. The Bertz CT molecular complexity index is 986. The number of amides is 1. The molecule has 2 aliphatic rings.